The minimum Gasteiger partial charge on any atom is -0.396 e. The second-order valence-corrected chi connectivity index (χ2v) is 5.48. The van der Waals surface area contributed by atoms with E-state index in [1.54, 1.807) is 10.9 Å². The number of para-hydroxylation sites is 1. The van der Waals surface area contributed by atoms with E-state index in [4.69, 9.17) is 5.73 Å². The summed E-state index contributed by atoms with van der Waals surface area (Å²) in [5.74, 6) is -0.112. The van der Waals surface area contributed by atoms with Crippen LogP contribution in [-0.2, 0) is 13.0 Å². The van der Waals surface area contributed by atoms with Gasteiger partial charge in [-0.2, -0.15) is 5.10 Å². The molecule has 21 heavy (non-hydrogen) atoms. The third-order valence-corrected chi connectivity index (χ3v) is 4.06. The van der Waals surface area contributed by atoms with Crippen molar-refractivity contribution in [2.75, 3.05) is 10.6 Å². The maximum Gasteiger partial charge on any atom is 0.281 e. The first-order valence-electron chi connectivity index (χ1n) is 7.36. The van der Waals surface area contributed by atoms with Crippen LogP contribution in [0.4, 0.5) is 11.4 Å². The predicted octanol–water partition coefficient (Wildman–Crippen LogP) is 2.47. The zero-order chi connectivity index (χ0) is 15.0. The van der Waals surface area contributed by atoms with Crippen LogP contribution in [0.3, 0.4) is 0 Å². The summed E-state index contributed by atoms with van der Waals surface area (Å²) in [4.78, 5) is 14.7. The van der Waals surface area contributed by atoms with Crippen molar-refractivity contribution in [1.29, 1.82) is 0 Å². The van der Waals surface area contributed by atoms with E-state index in [0.717, 1.165) is 18.5 Å². The quantitative estimate of drug-likeness (QED) is 0.921. The van der Waals surface area contributed by atoms with Gasteiger partial charge in [0.25, 0.3) is 5.91 Å². The Labute approximate surface area is 124 Å². The van der Waals surface area contributed by atoms with Crippen molar-refractivity contribution in [3.8, 4) is 0 Å². The lowest BCUT2D eigenvalue weighted by Crippen LogP contribution is -2.42. The second kappa shape index (κ2) is 5.24. The SMILES string of the molecule is CCn1cc(N)c(C(=O)N2c3ccccc3CCC2C)n1. The van der Waals surface area contributed by atoms with Gasteiger partial charge in [-0.1, -0.05) is 18.2 Å². The van der Waals surface area contributed by atoms with E-state index in [1.165, 1.54) is 5.56 Å². The van der Waals surface area contributed by atoms with E-state index in [0.29, 0.717) is 17.9 Å². The number of amides is 1. The van der Waals surface area contributed by atoms with E-state index >= 15 is 0 Å². The number of rotatable bonds is 2. The van der Waals surface area contributed by atoms with Crippen LogP contribution in [0.1, 0.15) is 36.3 Å². The van der Waals surface area contributed by atoms with Crippen LogP contribution in [0.2, 0.25) is 0 Å². The van der Waals surface area contributed by atoms with Crippen LogP contribution in [0.15, 0.2) is 30.5 Å². The lowest BCUT2D eigenvalue weighted by atomic mass is 9.96. The maximum atomic E-state index is 12.9. The molecule has 3 rings (SSSR count). The van der Waals surface area contributed by atoms with Gasteiger partial charge in [-0.25, -0.2) is 0 Å². The molecule has 2 heterocycles. The number of hydrogen-bond donors (Lipinski definition) is 1. The highest BCUT2D eigenvalue weighted by atomic mass is 16.2. The molecule has 1 amide bonds. The summed E-state index contributed by atoms with van der Waals surface area (Å²) >= 11 is 0. The molecule has 1 atom stereocenters. The molecule has 0 aliphatic carbocycles. The summed E-state index contributed by atoms with van der Waals surface area (Å²) < 4.78 is 1.70. The first kappa shape index (κ1) is 13.7. The Morgan fingerprint density at radius 2 is 2.19 bits per heavy atom. The minimum atomic E-state index is -0.112. The fourth-order valence-electron chi connectivity index (χ4n) is 2.88. The summed E-state index contributed by atoms with van der Waals surface area (Å²) in [5, 5.41) is 4.31. The number of aromatic nitrogens is 2. The van der Waals surface area contributed by atoms with Crippen LogP contribution >= 0.6 is 0 Å². The van der Waals surface area contributed by atoms with Crippen LogP contribution < -0.4 is 10.6 Å². The standard InChI is InChI=1S/C16H20N4O/c1-3-19-10-13(17)15(18-19)16(21)20-11(2)8-9-12-6-4-5-7-14(12)20/h4-7,10-11H,3,8-9,17H2,1-2H3. The average Bonchev–Trinajstić information content (AvgIpc) is 2.88. The lowest BCUT2D eigenvalue weighted by Gasteiger charge is -2.34. The minimum absolute atomic E-state index is 0.112. The van der Waals surface area contributed by atoms with Crippen molar-refractivity contribution in [2.45, 2.75) is 39.3 Å². The van der Waals surface area contributed by atoms with Crippen molar-refractivity contribution < 1.29 is 4.79 Å². The van der Waals surface area contributed by atoms with Crippen molar-refractivity contribution in [2.24, 2.45) is 0 Å². The number of carbonyl (C=O) groups is 1. The van der Waals surface area contributed by atoms with Crippen LogP contribution in [0.5, 0.6) is 0 Å². The lowest BCUT2D eigenvalue weighted by molar-refractivity contribution is 0.0970. The van der Waals surface area contributed by atoms with Crippen LogP contribution in [-0.4, -0.2) is 21.7 Å². The first-order valence-corrected chi connectivity index (χ1v) is 7.36. The normalized spacial score (nSPS) is 17.6. The molecule has 1 unspecified atom stereocenters. The van der Waals surface area contributed by atoms with E-state index < -0.39 is 0 Å². The van der Waals surface area contributed by atoms with Gasteiger partial charge in [0.1, 0.15) is 0 Å². The third kappa shape index (κ3) is 2.28. The topological polar surface area (TPSA) is 64.2 Å². The molecule has 0 saturated carbocycles. The molecular formula is C16H20N4O. The summed E-state index contributed by atoms with van der Waals surface area (Å²) in [6, 6.07) is 8.20. The molecule has 0 fully saturated rings. The summed E-state index contributed by atoms with van der Waals surface area (Å²) in [6.07, 6.45) is 3.67. The first-order chi connectivity index (χ1) is 10.1. The molecule has 2 N–H and O–H groups in total. The van der Waals surface area contributed by atoms with Gasteiger partial charge in [-0.05, 0) is 38.3 Å². The number of carbonyl (C=O) groups excluding carboxylic acids is 1. The Hall–Kier alpha value is -2.30. The highest BCUT2D eigenvalue weighted by Gasteiger charge is 2.31. The molecule has 110 valence electrons. The Morgan fingerprint density at radius 1 is 1.43 bits per heavy atom. The molecule has 1 aliphatic rings. The Balaban J connectivity index is 2.02. The molecule has 5 heteroatoms. The van der Waals surface area contributed by atoms with Crippen molar-refractivity contribution >= 4 is 17.3 Å². The number of nitrogens with zero attached hydrogens (tertiary/aromatic N) is 3. The molecule has 0 saturated heterocycles. The Bertz CT molecular complexity index is 677. The predicted molar refractivity (Wildman–Crippen MR) is 83.3 cm³/mol. The number of anilines is 2. The zero-order valence-electron chi connectivity index (χ0n) is 12.4. The molecule has 1 aromatic carbocycles. The summed E-state index contributed by atoms with van der Waals surface area (Å²) in [6.45, 7) is 4.74. The van der Waals surface area contributed by atoms with Gasteiger partial charge >= 0.3 is 0 Å². The Morgan fingerprint density at radius 3 is 2.90 bits per heavy atom. The summed E-state index contributed by atoms with van der Waals surface area (Å²) in [7, 11) is 0. The molecule has 1 aliphatic heterocycles. The fraction of sp³-hybridized carbons (Fsp3) is 0.375. The fourth-order valence-corrected chi connectivity index (χ4v) is 2.88. The number of nitrogens with two attached hydrogens (primary N) is 1. The molecule has 5 nitrogen and oxygen atoms in total. The Kier molecular flexibility index (Phi) is 3.41. The highest BCUT2D eigenvalue weighted by Crippen LogP contribution is 2.32. The second-order valence-electron chi connectivity index (χ2n) is 5.48. The van der Waals surface area contributed by atoms with Gasteiger partial charge in [0.15, 0.2) is 5.69 Å². The van der Waals surface area contributed by atoms with Crippen LogP contribution in [0.25, 0.3) is 0 Å². The smallest absolute Gasteiger partial charge is 0.281 e. The monoisotopic (exact) mass is 284 g/mol. The van der Waals surface area contributed by atoms with Crippen molar-refractivity contribution in [3.63, 3.8) is 0 Å². The van der Waals surface area contributed by atoms with E-state index in [9.17, 15) is 4.79 Å². The largest absolute Gasteiger partial charge is 0.396 e. The number of hydrogen-bond acceptors (Lipinski definition) is 3. The van der Waals surface area contributed by atoms with Gasteiger partial charge in [0, 0.05) is 24.5 Å². The maximum absolute atomic E-state index is 12.9. The molecule has 2 aromatic rings. The molecule has 0 bridgehead atoms. The van der Waals surface area contributed by atoms with Gasteiger partial charge in [-0.3, -0.25) is 9.48 Å². The highest BCUT2D eigenvalue weighted by molar-refractivity contribution is 6.08. The summed E-state index contributed by atoms with van der Waals surface area (Å²) in [5.41, 5.74) is 8.93. The van der Waals surface area contributed by atoms with Gasteiger partial charge in [0.2, 0.25) is 0 Å². The van der Waals surface area contributed by atoms with E-state index in [-0.39, 0.29) is 11.9 Å². The number of fused-ring (bicyclic) bond motifs is 1. The number of nitrogen functional groups attached to an aromatic ring is 1. The number of aryl methyl sites for hydroxylation is 2. The number of benzene rings is 1. The molecular weight excluding hydrogens is 264 g/mol. The van der Waals surface area contributed by atoms with Gasteiger partial charge in [-0.15, -0.1) is 0 Å². The average molecular weight is 284 g/mol. The van der Waals surface area contributed by atoms with E-state index in [1.807, 2.05) is 30.0 Å². The van der Waals surface area contributed by atoms with Gasteiger partial charge in [0.05, 0.1) is 5.69 Å². The third-order valence-electron chi connectivity index (χ3n) is 4.06. The molecule has 1 aromatic heterocycles. The zero-order valence-corrected chi connectivity index (χ0v) is 12.4. The van der Waals surface area contributed by atoms with Crippen molar-refractivity contribution in [3.05, 3.63) is 41.7 Å². The van der Waals surface area contributed by atoms with Crippen LogP contribution in [0, 0.1) is 0 Å². The van der Waals surface area contributed by atoms with Crippen molar-refractivity contribution in [1.82, 2.24) is 9.78 Å². The molecule has 0 spiro atoms. The van der Waals surface area contributed by atoms with E-state index in [2.05, 4.69) is 18.1 Å². The molecule has 0 radical (unpaired) electrons. The van der Waals surface area contributed by atoms with Gasteiger partial charge < -0.3 is 10.6 Å².